The molecule has 1 aliphatic rings. The van der Waals surface area contributed by atoms with E-state index in [0.29, 0.717) is 24.1 Å². The monoisotopic (exact) mass is 353 g/mol. The van der Waals surface area contributed by atoms with Gasteiger partial charge in [-0.25, -0.2) is 0 Å². The molecule has 2 amide bonds. The number of carbonyl (C=O) groups excluding carboxylic acids is 2. The van der Waals surface area contributed by atoms with E-state index in [1.807, 2.05) is 36.4 Å². The molecule has 0 aliphatic carbocycles. The Bertz CT molecular complexity index is 986. The molecule has 0 N–H and O–H groups in total. The fourth-order valence-electron chi connectivity index (χ4n) is 3.38. The van der Waals surface area contributed by atoms with Crippen molar-refractivity contribution in [2.45, 2.75) is 6.42 Å². The number of benzene rings is 3. The fourth-order valence-corrected chi connectivity index (χ4v) is 3.38. The summed E-state index contributed by atoms with van der Waals surface area (Å²) in [5.74, 6) is -0.401. The van der Waals surface area contributed by atoms with Crippen molar-refractivity contribution in [3.8, 4) is 11.1 Å². The van der Waals surface area contributed by atoms with E-state index in [9.17, 15) is 9.59 Å². The zero-order valence-corrected chi connectivity index (χ0v) is 14.8. The van der Waals surface area contributed by atoms with E-state index >= 15 is 0 Å². The van der Waals surface area contributed by atoms with Gasteiger partial charge in [-0.1, -0.05) is 78.9 Å². The van der Waals surface area contributed by atoms with Gasteiger partial charge >= 0.3 is 0 Å². The molecule has 27 heavy (non-hydrogen) atoms. The lowest BCUT2D eigenvalue weighted by Gasteiger charge is -2.12. The molecule has 1 aliphatic heterocycles. The highest BCUT2D eigenvalue weighted by atomic mass is 16.2. The molecule has 0 atom stereocenters. The molecule has 0 saturated heterocycles. The van der Waals surface area contributed by atoms with Crippen molar-refractivity contribution < 1.29 is 9.59 Å². The SMILES string of the molecule is O=C1c2ccccc2C(=O)N1CCC=Cc1ccccc1-c1ccccc1. The third kappa shape index (κ3) is 3.32. The highest BCUT2D eigenvalue weighted by Crippen LogP contribution is 2.25. The van der Waals surface area contributed by atoms with Crippen LogP contribution in [-0.4, -0.2) is 23.3 Å². The molecule has 0 radical (unpaired) electrons. The summed E-state index contributed by atoms with van der Waals surface area (Å²) in [5, 5.41) is 0. The minimum absolute atomic E-state index is 0.200. The molecule has 3 aromatic carbocycles. The number of imide groups is 1. The maximum absolute atomic E-state index is 12.4. The van der Waals surface area contributed by atoms with Crippen LogP contribution >= 0.6 is 0 Å². The number of hydrogen-bond acceptors (Lipinski definition) is 2. The summed E-state index contributed by atoms with van der Waals surface area (Å²) in [5.41, 5.74) is 4.45. The lowest BCUT2D eigenvalue weighted by molar-refractivity contribution is 0.0657. The van der Waals surface area contributed by atoms with E-state index in [0.717, 1.165) is 16.7 Å². The van der Waals surface area contributed by atoms with Crippen molar-refractivity contribution in [2.24, 2.45) is 0 Å². The molecule has 3 nitrogen and oxygen atoms in total. The van der Waals surface area contributed by atoms with Crippen molar-refractivity contribution in [1.29, 1.82) is 0 Å². The van der Waals surface area contributed by atoms with Crippen molar-refractivity contribution in [3.05, 3.63) is 102 Å². The Labute approximate surface area is 158 Å². The lowest BCUT2D eigenvalue weighted by atomic mass is 9.99. The van der Waals surface area contributed by atoms with Gasteiger partial charge in [-0.15, -0.1) is 0 Å². The summed E-state index contributed by atoms with van der Waals surface area (Å²) in [6.07, 6.45) is 4.69. The van der Waals surface area contributed by atoms with Crippen molar-refractivity contribution in [1.82, 2.24) is 4.90 Å². The second-order valence-corrected chi connectivity index (χ2v) is 6.45. The van der Waals surface area contributed by atoms with Crippen LogP contribution in [-0.2, 0) is 0 Å². The summed E-state index contributed by atoms with van der Waals surface area (Å²) in [7, 11) is 0. The Morgan fingerprint density at radius 3 is 1.89 bits per heavy atom. The van der Waals surface area contributed by atoms with Crippen LogP contribution in [0.2, 0.25) is 0 Å². The Morgan fingerprint density at radius 2 is 1.22 bits per heavy atom. The van der Waals surface area contributed by atoms with E-state index in [1.54, 1.807) is 24.3 Å². The molecule has 132 valence electrons. The van der Waals surface area contributed by atoms with Crippen LogP contribution in [0.5, 0.6) is 0 Å². The summed E-state index contributed by atoms with van der Waals surface area (Å²) >= 11 is 0. The van der Waals surface area contributed by atoms with Crippen molar-refractivity contribution >= 4 is 17.9 Å². The van der Waals surface area contributed by atoms with Crippen LogP contribution in [0.15, 0.2) is 84.9 Å². The third-order valence-corrected chi connectivity index (χ3v) is 4.74. The minimum atomic E-state index is -0.200. The van der Waals surface area contributed by atoms with Gasteiger partial charge in [0.15, 0.2) is 0 Å². The highest BCUT2D eigenvalue weighted by Gasteiger charge is 2.34. The Morgan fingerprint density at radius 1 is 0.667 bits per heavy atom. The van der Waals surface area contributed by atoms with E-state index < -0.39 is 0 Å². The first-order chi connectivity index (χ1) is 13.3. The van der Waals surface area contributed by atoms with E-state index in [2.05, 4.69) is 30.3 Å². The quantitative estimate of drug-likeness (QED) is 0.602. The molecule has 0 bridgehead atoms. The summed E-state index contributed by atoms with van der Waals surface area (Å²) in [6.45, 7) is 0.385. The van der Waals surface area contributed by atoms with Gasteiger partial charge in [-0.3, -0.25) is 14.5 Å². The first-order valence-electron chi connectivity index (χ1n) is 9.02. The first-order valence-corrected chi connectivity index (χ1v) is 9.02. The van der Waals surface area contributed by atoms with Crippen LogP contribution in [0, 0.1) is 0 Å². The average Bonchev–Trinajstić information content (AvgIpc) is 2.97. The van der Waals surface area contributed by atoms with Crippen molar-refractivity contribution in [2.75, 3.05) is 6.54 Å². The number of rotatable bonds is 5. The number of hydrogen-bond donors (Lipinski definition) is 0. The standard InChI is InChI=1S/C24H19NO2/c26-23-21-15-6-7-16-22(21)24(27)25(23)17-9-8-13-19-12-4-5-14-20(19)18-10-2-1-3-11-18/h1-8,10-16H,9,17H2. The van der Waals surface area contributed by atoms with Gasteiger partial charge in [0.2, 0.25) is 0 Å². The minimum Gasteiger partial charge on any atom is -0.274 e. The van der Waals surface area contributed by atoms with Crippen LogP contribution in [0.3, 0.4) is 0 Å². The van der Waals surface area contributed by atoms with Gasteiger partial charge in [-0.05, 0) is 35.2 Å². The summed E-state index contributed by atoms with van der Waals surface area (Å²) < 4.78 is 0. The molecule has 0 spiro atoms. The number of nitrogens with zero attached hydrogens (tertiary/aromatic N) is 1. The lowest BCUT2D eigenvalue weighted by Crippen LogP contribution is -2.30. The normalized spacial score (nSPS) is 13.4. The molecule has 3 aromatic rings. The highest BCUT2D eigenvalue weighted by molar-refractivity contribution is 6.21. The average molecular weight is 353 g/mol. The number of fused-ring (bicyclic) bond motifs is 1. The van der Waals surface area contributed by atoms with Gasteiger partial charge in [0.25, 0.3) is 11.8 Å². The summed E-state index contributed by atoms with van der Waals surface area (Å²) in [4.78, 5) is 26.1. The summed E-state index contributed by atoms with van der Waals surface area (Å²) in [6, 6.07) is 25.4. The second-order valence-electron chi connectivity index (χ2n) is 6.45. The number of amides is 2. The van der Waals surface area contributed by atoms with Crippen LogP contribution in [0.1, 0.15) is 32.7 Å². The van der Waals surface area contributed by atoms with Gasteiger partial charge in [0.05, 0.1) is 11.1 Å². The van der Waals surface area contributed by atoms with E-state index in [-0.39, 0.29) is 11.8 Å². The first kappa shape index (κ1) is 17.0. The van der Waals surface area contributed by atoms with Gasteiger partial charge in [0, 0.05) is 6.54 Å². The molecule has 4 rings (SSSR count). The molecule has 0 aromatic heterocycles. The van der Waals surface area contributed by atoms with Crippen LogP contribution in [0.4, 0.5) is 0 Å². The molecule has 1 heterocycles. The fraction of sp³-hybridized carbons (Fsp3) is 0.0833. The molecule has 0 unspecified atom stereocenters. The smallest absolute Gasteiger partial charge is 0.261 e. The van der Waals surface area contributed by atoms with E-state index in [1.165, 1.54) is 4.90 Å². The topological polar surface area (TPSA) is 37.4 Å². The number of carbonyl (C=O) groups is 2. The second kappa shape index (κ2) is 7.42. The maximum Gasteiger partial charge on any atom is 0.261 e. The Hall–Kier alpha value is -3.46. The predicted molar refractivity (Wildman–Crippen MR) is 107 cm³/mol. The molecule has 3 heteroatoms. The van der Waals surface area contributed by atoms with Crippen molar-refractivity contribution in [3.63, 3.8) is 0 Å². The maximum atomic E-state index is 12.4. The van der Waals surface area contributed by atoms with Gasteiger partial charge in [0.1, 0.15) is 0 Å². The third-order valence-electron chi connectivity index (χ3n) is 4.74. The Kier molecular flexibility index (Phi) is 4.67. The Balaban J connectivity index is 1.46. The van der Waals surface area contributed by atoms with E-state index in [4.69, 9.17) is 0 Å². The molecular formula is C24H19NO2. The van der Waals surface area contributed by atoms with Crippen LogP contribution < -0.4 is 0 Å². The molecule has 0 saturated carbocycles. The molecule has 0 fully saturated rings. The van der Waals surface area contributed by atoms with Gasteiger partial charge in [-0.2, -0.15) is 0 Å². The zero-order valence-electron chi connectivity index (χ0n) is 14.8. The predicted octanol–water partition coefficient (Wildman–Crippen LogP) is 5.05. The van der Waals surface area contributed by atoms with Crippen LogP contribution in [0.25, 0.3) is 17.2 Å². The molecular weight excluding hydrogens is 334 g/mol. The largest absolute Gasteiger partial charge is 0.274 e. The van der Waals surface area contributed by atoms with Gasteiger partial charge < -0.3 is 0 Å². The zero-order chi connectivity index (χ0) is 18.6.